The molecule has 2 rings (SSSR count). The summed E-state index contributed by atoms with van der Waals surface area (Å²) in [5.74, 6) is 2.09. The van der Waals surface area contributed by atoms with Crippen molar-refractivity contribution in [1.29, 1.82) is 0 Å². The van der Waals surface area contributed by atoms with Crippen molar-refractivity contribution >= 4 is 5.82 Å². The number of nitrogen functional groups attached to an aromatic ring is 1. The first-order valence-corrected chi connectivity index (χ1v) is 6.05. The maximum atomic E-state index is 5.90. The summed E-state index contributed by atoms with van der Waals surface area (Å²) in [5, 5.41) is 0. The second kappa shape index (κ2) is 4.73. The number of hydrogen-bond acceptors (Lipinski definition) is 3. The molecule has 0 aliphatic heterocycles. The lowest BCUT2D eigenvalue weighted by Gasteiger charge is -2.27. The molecule has 16 heavy (non-hydrogen) atoms. The van der Waals surface area contributed by atoms with Crippen molar-refractivity contribution in [1.82, 2.24) is 4.98 Å². The highest BCUT2D eigenvalue weighted by atomic mass is 16.5. The van der Waals surface area contributed by atoms with Gasteiger partial charge in [0, 0.05) is 5.69 Å². The third-order valence-electron chi connectivity index (χ3n) is 3.28. The van der Waals surface area contributed by atoms with Gasteiger partial charge >= 0.3 is 0 Å². The minimum atomic E-state index is 0.322. The number of ether oxygens (including phenoxy) is 1. The van der Waals surface area contributed by atoms with Crippen molar-refractivity contribution in [2.24, 2.45) is 5.92 Å². The zero-order valence-electron chi connectivity index (χ0n) is 10.1. The number of aryl methyl sites for hydroxylation is 1. The molecule has 0 radical (unpaired) electrons. The van der Waals surface area contributed by atoms with Crippen LogP contribution in [0.25, 0.3) is 0 Å². The maximum Gasteiger partial charge on any atom is 0.166 e. The Morgan fingerprint density at radius 3 is 2.56 bits per heavy atom. The zero-order chi connectivity index (χ0) is 11.5. The standard InChI is InChI=1S/C13H20N2O/c1-9-3-6-11(7-4-9)16-12-8-5-10(2)15-13(12)14/h5,8-9,11H,3-4,6-7H2,1-2H3,(H2,14,15). The van der Waals surface area contributed by atoms with E-state index in [9.17, 15) is 0 Å². The Labute approximate surface area is 97.0 Å². The van der Waals surface area contributed by atoms with Crippen LogP contribution in [0.2, 0.25) is 0 Å². The van der Waals surface area contributed by atoms with Gasteiger partial charge < -0.3 is 10.5 Å². The monoisotopic (exact) mass is 220 g/mol. The Kier molecular flexibility index (Phi) is 3.32. The molecule has 0 aromatic carbocycles. The average molecular weight is 220 g/mol. The molecule has 0 unspecified atom stereocenters. The maximum absolute atomic E-state index is 5.90. The normalized spacial score (nSPS) is 25.4. The minimum absolute atomic E-state index is 0.322. The van der Waals surface area contributed by atoms with E-state index in [1.807, 2.05) is 19.1 Å². The van der Waals surface area contributed by atoms with E-state index >= 15 is 0 Å². The summed E-state index contributed by atoms with van der Waals surface area (Å²) < 4.78 is 5.90. The summed E-state index contributed by atoms with van der Waals surface area (Å²) in [4.78, 5) is 4.21. The molecule has 1 heterocycles. The van der Waals surface area contributed by atoms with Crippen LogP contribution in [0.4, 0.5) is 5.82 Å². The smallest absolute Gasteiger partial charge is 0.166 e. The Morgan fingerprint density at radius 2 is 1.94 bits per heavy atom. The number of aromatic nitrogens is 1. The van der Waals surface area contributed by atoms with E-state index in [1.165, 1.54) is 12.8 Å². The highest BCUT2D eigenvalue weighted by Gasteiger charge is 2.20. The molecule has 1 aliphatic rings. The molecular formula is C13H20N2O. The summed E-state index contributed by atoms with van der Waals surface area (Å²) in [6.45, 7) is 4.24. The SMILES string of the molecule is Cc1ccc(OC2CCC(C)CC2)c(N)n1. The molecule has 1 fully saturated rings. The summed E-state index contributed by atoms with van der Waals surface area (Å²) in [7, 11) is 0. The fraction of sp³-hybridized carbons (Fsp3) is 0.615. The van der Waals surface area contributed by atoms with Crippen LogP contribution in [-0.2, 0) is 0 Å². The van der Waals surface area contributed by atoms with Gasteiger partial charge in [0.1, 0.15) is 0 Å². The molecule has 0 saturated heterocycles. The molecule has 0 atom stereocenters. The van der Waals surface area contributed by atoms with Gasteiger partial charge in [-0.2, -0.15) is 0 Å². The van der Waals surface area contributed by atoms with E-state index < -0.39 is 0 Å². The molecule has 3 heteroatoms. The van der Waals surface area contributed by atoms with Crippen LogP contribution in [0.1, 0.15) is 38.3 Å². The lowest BCUT2D eigenvalue weighted by Crippen LogP contribution is -2.23. The molecule has 88 valence electrons. The van der Waals surface area contributed by atoms with Crippen LogP contribution in [0, 0.1) is 12.8 Å². The van der Waals surface area contributed by atoms with Crippen LogP contribution >= 0.6 is 0 Å². The van der Waals surface area contributed by atoms with Gasteiger partial charge in [-0.05, 0) is 50.7 Å². The van der Waals surface area contributed by atoms with E-state index in [0.717, 1.165) is 30.2 Å². The van der Waals surface area contributed by atoms with Crippen LogP contribution in [0.15, 0.2) is 12.1 Å². The fourth-order valence-electron chi connectivity index (χ4n) is 2.19. The first-order chi connectivity index (χ1) is 7.65. The van der Waals surface area contributed by atoms with E-state index in [1.54, 1.807) is 0 Å². The number of nitrogens with zero attached hydrogens (tertiary/aromatic N) is 1. The van der Waals surface area contributed by atoms with Gasteiger partial charge in [-0.15, -0.1) is 0 Å². The summed E-state index contributed by atoms with van der Waals surface area (Å²) >= 11 is 0. The van der Waals surface area contributed by atoms with Gasteiger partial charge in [0.2, 0.25) is 0 Å². The summed E-state index contributed by atoms with van der Waals surface area (Å²) in [5.41, 5.74) is 6.76. The number of nitrogens with two attached hydrogens (primary N) is 1. The van der Waals surface area contributed by atoms with E-state index in [-0.39, 0.29) is 0 Å². The van der Waals surface area contributed by atoms with Crippen LogP contribution in [0.3, 0.4) is 0 Å². The van der Waals surface area contributed by atoms with Crippen molar-refractivity contribution in [2.75, 3.05) is 5.73 Å². The Bertz CT molecular complexity index is 357. The van der Waals surface area contributed by atoms with Gasteiger partial charge in [-0.1, -0.05) is 6.92 Å². The summed E-state index contributed by atoms with van der Waals surface area (Å²) in [6, 6.07) is 3.87. The predicted octanol–water partition coefficient (Wildman–Crippen LogP) is 2.93. The molecule has 0 bridgehead atoms. The second-order valence-corrected chi connectivity index (χ2v) is 4.84. The first kappa shape index (κ1) is 11.2. The number of anilines is 1. The van der Waals surface area contributed by atoms with Gasteiger partial charge in [0.05, 0.1) is 6.10 Å². The van der Waals surface area contributed by atoms with Gasteiger partial charge in [0.15, 0.2) is 11.6 Å². The second-order valence-electron chi connectivity index (χ2n) is 4.84. The summed E-state index contributed by atoms with van der Waals surface area (Å²) in [6.07, 6.45) is 5.10. The quantitative estimate of drug-likeness (QED) is 0.833. The first-order valence-electron chi connectivity index (χ1n) is 6.05. The van der Waals surface area contributed by atoms with Crippen LogP contribution in [0.5, 0.6) is 5.75 Å². The molecule has 2 N–H and O–H groups in total. The lowest BCUT2D eigenvalue weighted by atomic mass is 9.89. The van der Waals surface area contributed by atoms with Crippen molar-refractivity contribution in [2.45, 2.75) is 45.6 Å². The van der Waals surface area contributed by atoms with Crippen molar-refractivity contribution in [3.05, 3.63) is 17.8 Å². The highest BCUT2D eigenvalue weighted by molar-refractivity contribution is 5.46. The third kappa shape index (κ3) is 2.65. The molecule has 1 aliphatic carbocycles. The fourth-order valence-corrected chi connectivity index (χ4v) is 2.19. The van der Waals surface area contributed by atoms with E-state index in [2.05, 4.69) is 11.9 Å². The Hall–Kier alpha value is -1.25. The lowest BCUT2D eigenvalue weighted by molar-refractivity contribution is 0.136. The van der Waals surface area contributed by atoms with Crippen LogP contribution < -0.4 is 10.5 Å². The van der Waals surface area contributed by atoms with Crippen LogP contribution in [-0.4, -0.2) is 11.1 Å². The highest BCUT2D eigenvalue weighted by Crippen LogP contribution is 2.29. The molecule has 1 aromatic rings. The van der Waals surface area contributed by atoms with E-state index in [4.69, 9.17) is 10.5 Å². The number of pyridine rings is 1. The largest absolute Gasteiger partial charge is 0.487 e. The van der Waals surface area contributed by atoms with Gasteiger partial charge in [0.25, 0.3) is 0 Å². The molecule has 0 amide bonds. The van der Waals surface area contributed by atoms with Gasteiger partial charge in [-0.25, -0.2) is 4.98 Å². The van der Waals surface area contributed by atoms with Crippen molar-refractivity contribution in [3.8, 4) is 5.75 Å². The zero-order valence-corrected chi connectivity index (χ0v) is 10.1. The minimum Gasteiger partial charge on any atom is -0.487 e. The molecule has 3 nitrogen and oxygen atoms in total. The van der Waals surface area contributed by atoms with Crippen molar-refractivity contribution < 1.29 is 4.74 Å². The van der Waals surface area contributed by atoms with Gasteiger partial charge in [-0.3, -0.25) is 0 Å². The molecule has 1 saturated carbocycles. The number of rotatable bonds is 2. The topological polar surface area (TPSA) is 48.1 Å². The average Bonchev–Trinajstić information content (AvgIpc) is 2.25. The molecular weight excluding hydrogens is 200 g/mol. The predicted molar refractivity (Wildman–Crippen MR) is 65.4 cm³/mol. The Balaban J connectivity index is 1.98. The molecule has 0 spiro atoms. The number of hydrogen-bond donors (Lipinski definition) is 1. The Morgan fingerprint density at radius 1 is 1.25 bits per heavy atom. The molecule has 1 aromatic heterocycles. The van der Waals surface area contributed by atoms with Crippen molar-refractivity contribution in [3.63, 3.8) is 0 Å². The third-order valence-corrected chi connectivity index (χ3v) is 3.28. The van der Waals surface area contributed by atoms with E-state index in [0.29, 0.717) is 11.9 Å².